The molecule has 0 aromatic carbocycles. The van der Waals surface area contributed by atoms with Gasteiger partial charge in [0.25, 0.3) is 0 Å². The van der Waals surface area contributed by atoms with Crippen LogP contribution in [0, 0.1) is 12.3 Å². The third kappa shape index (κ3) is 4.03. The highest BCUT2D eigenvalue weighted by atomic mass is 16.5. The lowest BCUT2D eigenvalue weighted by molar-refractivity contribution is -0.123. The Hall–Kier alpha value is -1.43. The van der Waals surface area contributed by atoms with Crippen molar-refractivity contribution in [3.8, 4) is 0 Å². The summed E-state index contributed by atoms with van der Waals surface area (Å²) >= 11 is 0. The number of aryl methyl sites for hydroxylation is 1. The van der Waals surface area contributed by atoms with E-state index in [0.717, 1.165) is 12.8 Å². The third-order valence-corrected chi connectivity index (χ3v) is 4.11. The van der Waals surface area contributed by atoms with Crippen LogP contribution in [0.1, 0.15) is 50.2 Å². The summed E-state index contributed by atoms with van der Waals surface area (Å²) in [5, 5.41) is 6.64. The Balaban J connectivity index is 1.74. The summed E-state index contributed by atoms with van der Waals surface area (Å²) in [7, 11) is 0. The van der Waals surface area contributed by atoms with Crippen molar-refractivity contribution in [2.45, 2.75) is 51.9 Å². The summed E-state index contributed by atoms with van der Waals surface area (Å²) in [6.07, 6.45) is 6.88. The van der Waals surface area contributed by atoms with Gasteiger partial charge in [-0.25, -0.2) is 0 Å². The number of carbonyl (C=O) groups excluding carboxylic acids is 1. The van der Waals surface area contributed by atoms with Crippen LogP contribution in [-0.4, -0.2) is 29.1 Å². The van der Waals surface area contributed by atoms with Gasteiger partial charge in [0.15, 0.2) is 5.82 Å². The highest BCUT2D eigenvalue weighted by Crippen LogP contribution is 2.38. The van der Waals surface area contributed by atoms with E-state index in [1.807, 2.05) is 0 Å². The molecule has 3 N–H and O–H groups in total. The van der Waals surface area contributed by atoms with Gasteiger partial charge in [-0.3, -0.25) is 4.79 Å². The Morgan fingerprint density at radius 2 is 2.15 bits per heavy atom. The van der Waals surface area contributed by atoms with Crippen LogP contribution in [0.25, 0.3) is 0 Å². The summed E-state index contributed by atoms with van der Waals surface area (Å²) < 4.78 is 5.00. The topological polar surface area (TPSA) is 94.0 Å². The largest absolute Gasteiger partial charge is 0.356 e. The van der Waals surface area contributed by atoms with Gasteiger partial charge in [-0.2, -0.15) is 4.98 Å². The summed E-state index contributed by atoms with van der Waals surface area (Å²) in [5.41, 5.74) is 5.91. The fourth-order valence-electron chi connectivity index (χ4n) is 2.91. The minimum atomic E-state index is 0.0173. The number of nitrogens with one attached hydrogen (secondary N) is 1. The van der Waals surface area contributed by atoms with Gasteiger partial charge in [-0.15, -0.1) is 0 Å². The molecule has 1 heterocycles. The van der Waals surface area contributed by atoms with E-state index in [0.29, 0.717) is 37.6 Å². The van der Waals surface area contributed by atoms with Crippen LogP contribution in [0.3, 0.4) is 0 Å². The van der Waals surface area contributed by atoms with Gasteiger partial charge in [0.2, 0.25) is 11.8 Å². The molecule has 6 nitrogen and oxygen atoms in total. The summed E-state index contributed by atoms with van der Waals surface area (Å²) in [6, 6.07) is 0. The fourth-order valence-corrected chi connectivity index (χ4v) is 2.91. The maximum Gasteiger partial charge on any atom is 0.228 e. The Morgan fingerprint density at radius 1 is 1.40 bits per heavy atom. The van der Waals surface area contributed by atoms with Crippen LogP contribution >= 0.6 is 0 Å². The molecule has 0 atom stereocenters. The molecule has 1 saturated carbocycles. The molecule has 112 valence electrons. The summed E-state index contributed by atoms with van der Waals surface area (Å²) in [6.45, 7) is 2.91. The lowest BCUT2D eigenvalue weighted by atomic mass is 9.71. The lowest BCUT2D eigenvalue weighted by Gasteiger charge is -2.35. The number of hydrogen-bond donors (Lipinski definition) is 2. The highest BCUT2D eigenvalue weighted by molar-refractivity contribution is 5.76. The normalized spacial score (nSPS) is 17.9. The van der Waals surface area contributed by atoms with Crippen molar-refractivity contribution in [2.75, 3.05) is 13.1 Å². The maximum absolute atomic E-state index is 12.0. The van der Waals surface area contributed by atoms with Crippen molar-refractivity contribution in [3.05, 3.63) is 11.7 Å². The molecule has 1 aromatic rings. The van der Waals surface area contributed by atoms with Crippen LogP contribution < -0.4 is 11.1 Å². The molecule has 0 radical (unpaired) electrons. The minimum Gasteiger partial charge on any atom is -0.356 e. The predicted molar refractivity (Wildman–Crippen MR) is 74.9 cm³/mol. The number of rotatable bonds is 6. The van der Waals surface area contributed by atoms with Crippen molar-refractivity contribution >= 4 is 5.91 Å². The first-order chi connectivity index (χ1) is 9.63. The second kappa shape index (κ2) is 6.83. The average Bonchev–Trinajstić information content (AvgIpc) is 2.85. The molecule has 0 saturated heterocycles. The van der Waals surface area contributed by atoms with E-state index in [1.54, 1.807) is 6.92 Å². The lowest BCUT2D eigenvalue weighted by Crippen LogP contribution is -2.39. The highest BCUT2D eigenvalue weighted by Gasteiger charge is 2.32. The van der Waals surface area contributed by atoms with Crippen LogP contribution in [0.2, 0.25) is 0 Å². The second-order valence-corrected chi connectivity index (χ2v) is 5.78. The molecular weight excluding hydrogens is 256 g/mol. The van der Waals surface area contributed by atoms with E-state index in [-0.39, 0.29) is 11.3 Å². The molecule has 0 unspecified atom stereocenters. The first-order valence-electron chi connectivity index (χ1n) is 7.39. The Labute approximate surface area is 119 Å². The van der Waals surface area contributed by atoms with Crippen molar-refractivity contribution < 1.29 is 9.32 Å². The molecular formula is C14H24N4O2. The quantitative estimate of drug-likeness (QED) is 0.820. The minimum absolute atomic E-state index is 0.0173. The average molecular weight is 280 g/mol. The van der Waals surface area contributed by atoms with E-state index in [9.17, 15) is 4.79 Å². The molecule has 1 aliphatic carbocycles. The number of hydrogen-bond acceptors (Lipinski definition) is 5. The number of nitrogens with two attached hydrogens (primary N) is 1. The van der Waals surface area contributed by atoms with Crippen LogP contribution in [0.4, 0.5) is 0 Å². The monoisotopic (exact) mass is 280 g/mol. The van der Waals surface area contributed by atoms with Crippen molar-refractivity contribution in [1.82, 2.24) is 15.5 Å². The standard InChI is InChI=1S/C14H24N4O2/c1-11-17-13(20-18-11)5-8-16-12(19)9-14(10-15)6-3-2-4-7-14/h2-10,15H2,1H3,(H,16,19). The molecule has 20 heavy (non-hydrogen) atoms. The van der Waals surface area contributed by atoms with E-state index in [1.165, 1.54) is 19.3 Å². The van der Waals surface area contributed by atoms with Crippen LogP contribution in [0.15, 0.2) is 4.52 Å². The zero-order chi connectivity index (χ0) is 14.4. The molecule has 0 bridgehead atoms. The smallest absolute Gasteiger partial charge is 0.228 e. The zero-order valence-electron chi connectivity index (χ0n) is 12.2. The maximum atomic E-state index is 12.0. The van der Waals surface area contributed by atoms with Gasteiger partial charge in [-0.05, 0) is 31.7 Å². The van der Waals surface area contributed by atoms with Gasteiger partial charge < -0.3 is 15.6 Å². The molecule has 0 aliphatic heterocycles. The predicted octanol–water partition coefficient (Wildman–Crippen LogP) is 1.34. The van der Waals surface area contributed by atoms with Gasteiger partial charge in [-0.1, -0.05) is 24.4 Å². The molecule has 1 amide bonds. The van der Waals surface area contributed by atoms with E-state index < -0.39 is 0 Å². The van der Waals surface area contributed by atoms with Gasteiger partial charge in [0.1, 0.15) is 0 Å². The Bertz CT molecular complexity index is 438. The number of nitrogens with zero attached hydrogens (tertiary/aromatic N) is 2. The fraction of sp³-hybridized carbons (Fsp3) is 0.786. The molecule has 1 aliphatic rings. The Morgan fingerprint density at radius 3 is 2.75 bits per heavy atom. The van der Waals surface area contributed by atoms with E-state index in [2.05, 4.69) is 15.5 Å². The SMILES string of the molecule is Cc1noc(CCNC(=O)CC2(CN)CCCCC2)n1. The third-order valence-electron chi connectivity index (χ3n) is 4.11. The van der Waals surface area contributed by atoms with Gasteiger partial charge >= 0.3 is 0 Å². The second-order valence-electron chi connectivity index (χ2n) is 5.78. The van der Waals surface area contributed by atoms with E-state index >= 15 is 0 Å². The Kier molecular flexibility index (Phi) is 5.11. The van der Waals surface area contributed by atoms with E-state index in [4.69, 9.17) is 10.3 Å². The van der Waals surface area contributed by atoms with Crippen molar-refractivity contribution in [2.24, 2.45) is 11.1 Å². The zero-order valence-corrected chi connectivity index (χ0v) is 12.2. The van der Waals surface area contributed by atoms with Crippen molar-refractivity contribution in [1.29, 1.82) is 0 Å². The number of amides is 1. The molecule has 1 fully saturated rings. The first kappa shape index (κ1) is 15.0. The summed E-state index contributed by atoms with van der Waals surface area (Å²) in [4.78, 5) is 16.1. The van der Waals surface area contributed by atoms with Crippen LogP contribution in [-0.2, 0) is 11.2 Å². The molecule has 0 spiro atoms. The first-order valence-corrected chi connectivity index (χ1v) is 7.39. The molecule has 1 aromatic heterocycles. The molecule has 2 rings (SSSR count). The van der Waals surface area contributed by atoms with Gasteiger partial charge in [0, 0.05) is 19.4 Å². The molecule has 6 heteroatoms. The number of aromatic nitrogens is 2. The summed E-state index contributed by atoms with van der Waals surface area (Å²) in [5.74, 6) is 1.26. The van der Waals surface area contributed by atoms with Crippen molar-refractivity contribution in [3.63, 3.8) is 0 Å². The van der Waals surface area contributed by atoms with Crippen LogP contribution in [0.5, 0.6) is 0 Å². The number of carbonyl (C=O) groups is 1. The van der Waals surface area contributed by atoms with Gasteiger partial charge in [0.05, 0.1) is 0 Å².